The molecule has 1 unspecified atom stereocenters. The zero-order chi connectivity index (χ0) is 11.4. The van der Waals surface area contributed by atoms with Crippen LogP contribution < -0.4 is 10.2 Å². The van der Waals surface area contributed by atoms with Gasteiger partial charge in [-0.2, -0.15) is 0 Å². The smallest absolute Gasteiger partial charge is 0.0367 e. The van der Waals surface area contributed by atoms with Gasteiger partial charge in [0.2, 0.25) is 0 Å². The van der Waals surface area contributed by atoms with Crippen LogP contribution in [0.15, 0.2) is 28.7 Å². The SMILES string of the molecule is CCCC1CN(c2ccc(Br)cc2)CCN1. The van der Waals surface area contributed by atoms with E-state index in [1.165, 1.54) is 18.5 Å². The van der Waals surface area contributed by atoms with Crippen molar-refractivity contribution in [1.82, 2.24) is 5.32 Å². The molecule has 2 rings (SSSR count). The number of nitrogens with zero attached hydrogens (tertiary/aromatic N) is 1. The number of benzene rings is 1. The number of anilines is 1. The van der Waals surface area contributed by atoms with Crippen molar-refractivity contribution >= 4 is 21.6 Å². The van der Waals surface area contributed by atoms with E-state index in [1.807, 2.05) is 0 Å². The Labute approximate surface area is 106 Å². The molecule has 1 heterocycles. The molecule has 3 heteroatoms. The Morgan fingerprint density at radius 3 is 2.81 bits per heavy atom. The minimum Gasteiger partial charge on any atom is -0.369 e. The summed E-state index contributed by atoms with van der Waals surface area (Å²) in [7, 11) is 0. The standard InChI is InChI=1S/C13H19BrN2/c1-2-3-12-10-16(9-8-15-12)13-6-4-11(14)5-7-13/h4-7,12,15H,2-3,8-10H2,1H3. The first-order valence-corrected chi connectivity index (χ1v) is 6.83. The molecule has 88 valence electrons. The van der Waals surface area contributed by atoms with Crippen LogP contribution in [0, 0.1) is 0 Å². The Morgan fingerprint density at radius 2 is 2.12 bits per heavy atom. The summed E-state index contributed by atoms with van der Waals surface area (Å²) in [5.41, 5.74) is 1.34. The first-order valence-electron chi connectivity index (χ1n) is 6.03. The maximum atomic E-state index is 3.58. The predicted octanol–water partition coefficient (Wildman–Crippen LogP) is 3.03. The van der Waals surface area contributed by atoms with Gasteiger partial charge >= 0.3 is 0 Å². The van der Waals surface area contributed by atoms with Crippen LogP contribution in [0.2, 0.25) is 0 Å². The molecular formula is C13H19BrN2. The monoisotopic (exact) mass is 282 g/mol. The van der Waals surface area contributed by atoms with Crippen LogP contribution in [0.3, 0.4) is 0 Å². The summed E-state index contributed by atoms with van der Waals surface area (Å²) in [6, 6.07) is 9.28. The highest BCUT2D eigenvalue weighted by molar-refractivity contribution is 9.10. The zero-order valence-corrected chi connectivity index (χ0v) is 11.3. The molecule has 1 fully saturated rings. The second-order valence-electron chi connectivity index (χ2n) is 4.36. The maximum absolute atomic E-state index is 3.58. The van der Waals surface area contributed by atoms with Crippen molar-refractivity contribution in [3.05, 3.63) is 28.7 Å². The molecule has 0 aromatic heterocycles. The van der Waals surface area contributed by atoms with Gasteiger partial charge in [-0.1, -0.05) is 29.3 Å². The van der Waals surface area contributed by atoms with E-state index in [-0.39, 0.29) is 0 Å². The van der Waals surface area contributed by atoms with E-state index >= 15 is 0 Å². The van der Waals surface area contributed by atoms with E-state index in [0.717, 1.165) is 24.1 Å². The Morgan fingerprint density at radius 1 is 1.38 bits per heavy atom. The van der Waals surface area contributed by atoms with Crippen LogP contribution in [0.1, 0.15) is 19.8 Å². The molecule has 1 N–H and O–H groups in total. The van der Waals surface area contributed by atoms with Crippen LogP contribution >= 0.6 is 15.9 Å². The molecule has 0 saturated carbocycles. The quantitative estimate of drug-likeness (QED) is 0.917. The first kappa shape index (κ1) is 11.9. The molecule has 1 aliphatic heterocycles. The second-order valence-corrected chi connectivity index (χ2v) is 5.28. The maximum Gasteiger partial charge on any atom is 0.0367 e. The summed E-state index contributed by atoms with van der Waals surface area (Å²) >= 11 is 3.48. The summed E-state index contributed by atoms with van der Waals surface area (Å²) in [5.74, 6) is 0. The van der Waals surface area contributed by atoms with Crippen LogP contribution in [0.5, 0.6) is 0 Å². The van der Waals surface area contributed by atoms with Gasteiger partial charge in [0.05, 0.1) is 0 Å². The van der Waals surface area contributed by atoms with Crippen molar-refractivity contribution in [3.63, 3.8) is 0 Å². The van der Waals surface area contributed by atoms with Crippen molar-refractivity contribution < 1.29 is 0 Å². The second kappa shape index (κ2) is 5.69. The lowest BCUT2D eigenvalue weighted by Crippen LogP contribution is -2.50. The molecule has 1 aliphatic rings. The highest BCUT2D eigenvalue weighted by atomic mass is 79.9. The van der Waals surface area contributed by atoms with Crippen LogP contribution in [-0.4, -0.2) is 25.7 Å². The van der Waals surface area contributed by atoms with Gasteiger partial charge in [0, 0.05) is 35.8 Å². The number of rotatable bonds is 3. The van der Waals surface area contributed by atoms with Gasteiger partial charge in [-0.15, -0.1) is 0 Å². The van der Waals surface area contributed by atoms with Crippen molar-refractivity contribution in [1.29, 1.82) is 0 Å². The molecule has 0 amide bonds. The number of hydrogen-bond acceptors (Lipinski definition) is 2. The lowest BCUT2D eigenvalue weighted by molar-refractivity contribution is 0.431. The molecule has 1 saturated heterocycles. The molecule has 1 aromatic carbocycles. The van der Waals surface area contributed by atoms with Crippen molar-refractivity contribution in [2.45, 2.75) is 25.8 Å². The fourth-order valence-electron chi connectivity index (χ4n) is 2.25. The lowest BCUT2D eigenvalue weighted by Gasteiger charge is -2.35. The topological polar surface area (TPSA) is 15.3 Å². The van der Waals surface area contributed by atoms with E-state index in [2.05, 4.69) is 57.3 Å². The van der Waals surface area contributed by atoms with E-state index in [1.54, 1.807) is 0 Å². The summed E-state index contributed by atoms with van der Waals surface area (Å²) in [4.78, 5) is 2.48. The van der Waals surface area contributed by atoms with E-state index in [9.17, 15) is 0 Å². The Hall–Kier alpha value is -0.540. The van der Waals surface area contributed by atoms with Crippen molar-refractivity contribution in [2.24, 2.45) is 0 Å². The molecule has 1 atom stereocenters. The zero-order valence-electron chi connectivity index (χ0n) is 9.75. The lowest BCUT2D eigenvalue weighted by atomic mass is 10.1. The molecule has 0 bridgehead atoms. The Balaban J connectivity index is 2.01. The largest absolute Gasteiger partial charge is 0.369 e. The van der Waals surface area contributed by atoms with E-state index in [4.69, 9.17) is 0 Å². The van der Waals surface area contributed by atoms with Gasteiger partial charge in [0.1, 0.15) is 0 Å². The molecule has 2 nitrogen and oxygen atoms in total. The number of halogens is 1. The predicted molar refractivity (Wildman–Crippen MR) is 73.1 cm³/mol. The fourth-order valence-corrected chi connectivity index (χ4v) is 2.52. The summed E-state index contributed by atoms with van der Waals surface area (Å²) in [5, 5.41) is 3.58. The Kier molecular flexibility index (Phi) is 4.24. The molecule has 1 aromatic rings. The third-order valence-electron chi connectivity index (χ3n) is 3.08. The molecule has 0 radical (unpaired) electrons. The van der Waals surface area contributed by atoms with Gasteiger partial charge < -0.3 is 10.2 Å². The minimum atomic E-state index is 0.655. The van der Waals surface area contributed by atoms with Crippen LogP contribution in [0.25, 0.3) is 0 Å². The molecule has 0 aliphatic carbocycles. The third-order valence-corrected chi connectivity index (χ3v) is 3.61. The summed E-state index contributed by atoms with van der Waals surface area (Å²) < 4.78 is 1.15. The number of piperazine rings is 1. The van der Waals surface area contributed by atoms with Gasteiger partial charge in [-0.05, 0) is 30.7 Å². The number of nitrogens with one attached hydrogen (secondary N) is 1. The molecule has 0 spiro atoms. The van der Waals surface area contributed by atoms with Gasteiger partial charge in [0.25, 0.3) is 0 Å². The van der Waals surface area contributed by atoms with E-state index in [0.29, 0.717) is 6.04 Å². The minimum absolute atomic E-state index is 0.655. The normalized spacial score (nSPS) is 21.1. The van der Waals surface area contributed by atoms with Crippen LogP contribution in [-0.2, 0) is 0 Å². The first-order chi connectivity index (χ1) is 7.79. The fraction of sp³-hybridized carbons (Fsp3) is 0.538. The van der Waals surface area contributed by atoms with Gasteiger partial charge in [-0.3, -0.25) is 0 Å². The van der Waals surface area contributed by atoms with Gasteiger partial charge in [0.15, 0.2) is 0 Å². The number of hydrogen-bond donors (Lipinski definition) is 1. The van der Waals surface area contributed by atoms with Gasteiger partial charge in [-0.25, -0.2) is 0 Å². The average molecular weight is 283 g/mol. The van der Waals surface area contributed by atoms with Crippen LogP contribution in [0.4, 0.5) is 5.69 Å². The highest BCUT2D eigenvalue weighted by Gasteiger charge is 2.18. The van der Waals surface area contributed by atoms with E-state index < -0.39 is 0 Å². The van der Waals surface area contributed by atoms with Crippen molar-refractivity contribution in [3.8, 4) is 0 Å². The van der Waals surface area contributed by atoms with Crippen molar-refractivity contribution in [2.75, 3.05) is 24.5 Å². The molecular weight excluding hydrogens is 264 g/mol. The molecule has 16 heavy (non-hydrogen) atoms. The Bertz CT molecular complexity index is 321. The summed E-state index contributed by atoms with van der Waals surface area (Å²) in [6.45, 7) is 5.60. The summed E-state index contributed by atoms with van der Waals surface area (Å²) in [6.07, 6.45) is 2.53. The average Bonchev–Trinajstić information content (AvgIpc) is 2.31. The third kappa shape index (κ3) is 2.98. The highest BCUT2D eigenvalue weighted by Crippen LogP contribution is 2.20.